The SMILES string of the molecule is Brc1ccccc1OCCCC#Cc1ccccc1. The minimum absolute atomic E-state index is 0.687. The van der Waals surface area contributed by atoms with Crippen LogP contribution in [-0.4, -0.2) is 6.61 Å². The summed E-state index contributed by atoms with van der Waals surface area (Å²) in [6.45, 7) is 0.687. The zero-order valence-corrected chi connectivity index (χ0v) is 12.2. The third-order valence-electron chi connectivity index (χ3n) is 2.55. The Morgan fingerprint density at radius 1 is 0.947 bits per heavy atom. The van der Waals surface area contributed by atoms with Crippen LogP contribution in [-0.2, 0) is 0 Å². The van der Waals surface area contributed by atoms with Crippen molar-refractivity contribution in [3.8, 4) is 17.6 Å². The van der Waals surface area contributed by atoms with Crippen molar-refractivity contribution < 1.29 is 4.74 Å². The highest BCUT2D eigenvalue weighted by Gasteiger charge is 1.97. The number of benzene rings is 2. The molecule has 2 heteroatoms. The van der Waals surface area contributed by atoms with Crippen molar-refractivity contribution in [2.24, 2.45) is 0 Å². The van der Waals surface area contributed by atoms with Gasteiger partial charge in [-0.25, -0.2) is 0 Å². The van der Waals surface area contributed by atoms with Crippen molar-refractivity contribution in [3.05, 3.63) is 64.6 Å². The van der Waals surface area contributed by atoms with E-state index in [0.717, 1.165) is 28.6 Å². The molecule has 0 unspecified atom stereocenters. The van der Waals surface area contributed by atoms with Crippen LogP contribution in [0, 0.1) is 11.8 Å². The summed E-state index contributed by atoms with van der Waals surface area (Å²) in [6.07, 6.45) is 1.78. The van der Waals surface area contributed by atoms with Crippen LogP contribution < -0.4 is 4.74 Å². The molecular formula is C17H15BrO. The van der Waals surface area contributed by atoms with E-state index < -0.39 is 0 Å². The largest absolute Gasteiger partial charge is 0.492 e. The third-order valence-corrected chi connectivity index (χ3v) is 3.20. The topological polar surface area (TPSA) is 9.23 Å². The van der Waals surface area contributed by atoms with Gasteiger partial charge in [0.15, 0.2) is 0 Å². The Hall–Kier alpha value is -1.72. The van der Waals surface area contributed by atoms with Gasteiger partial charge in [0.2, 0.25) is 0 Å². The molecule has 0 aliphatic heterocycles. The molecule has 0 aliphatic rings. The van der Waals surface area contributed by atoms with Gasteiger partial charge in [0, 0.05) is 12.0 Å². The van der Waals surface area contributed by atoms with Gasteiger partial charge in [-0.15, -0.1) is 0 Å². The van der Waals surface area contributed by atoms with Gasteiger partial charge >= 0.3 is 0 Å². The molecule has 96 valence electrons. The summed E-state index contributed by atoms with van der Waals surface area (Å²) in [4.78, 5) is 0. The van der Waals surface area contributed by atoms with Crippen LogP contribution in [0.3, 0.4) is 0 Å². The smallest absolute Gasteiger partial charge is 0.133 e. The first kappa shape index (κ1) is 13.7. The van der Waals surface area contributed by atoms with Crippen LogP contribution >= 0.6 is 15.9 Å². The van der Waals surface area contributed by atoms with Gasteiger partial charge in [-0.1, -0.05) is 42.2 Å². The molecule has 0 aromatic heterocycles. The number of para-hydroxylation sites is 1. The summed E-state index contributed by atoms with van der Waals surface area (Å²) in [5.41, 5.74) is 1.06. The monoisotopic (exact) mass is 314 g/mol. The second-order valence-corrected chi connectivity index (χ2v) is 4.90. The molecule has 0 radical (unpaired) electrons. The summed E-state index contributed by atoms with van der Waals surface area (Å²) < 4.78 is 6.67. The molecule has 0 saturated heterocycles. The molecule has 0 aliphatic carbocycles. The number of halogens is 1. The van der Waals surface area contributed by atoms with E-state index in [1.165, 1.54) is 0 Å². The van der Waals surface area contributed by atoms with Crippen molar-refractivity contribution in [1.82, 2.24) is 0 Å². The van der Waals surface area contributed by atoms with Gasteiger partial charge in [-0.3, -0.25) is 0 Å². The standard InChI is InChI=1S/C17H15BrO/c18-16-12-6-7-13-17(16)19-14-8-2-5-11-15-9-3-1-4-10-15/h1,3-4,6-7,9-10,12-13H,2,8,14H2. The van der Waals surface area contributed by atoms with Crippen molar-refractivity contribution >= 4 is 15.9 Å². The van der Waals surface area contributed by atoms with Gasteiger partial charge in [0.05, 0.1) is 11.1 Å². The molecular weight excluding hydrogens is 300 g/mol. The second-order valence-electron chi connectivity index (χ2n) is 4.05. The molecule has 0 amide bonds. The van der Waals surface area contributed by atoms with Crippen LogP contribution in [0.2, 0.25) is 0 Å². The highest BCUT2D eigenvalue weighted by molar-refractivity contribution is 9.10. The predicted molar refractivity (Wildman–Crippen MR) is 82.2 cm³/mol. The maximum Gasteiger partial charge on any atom is 0.133 e. The Kier molecular flexibility index (Phi) is 5.52. The summed E-state index contributed by atoms with van der Waals surface area (Å²) in [7, 11) is 0. The molecule has 2 rings (SSSR count). The van der Waals surface area contributed by atoms with Gasteiger partial charge in [-0.05, 0) is 46.6 Å². The minimum Gasteiger partial charge on any atom is -0.492 e. The Bertz CT molecular complexity index is 567. The summed E-state index contributed by atoms with van der Waals surface area (Å²) in [6, 6.07) is 17.9. The molecule has 0 atom stereocenters. The molecule has 0 heterocycles. The zero-order valence-electron chi connectivity index (χ0n) is 10.6. The third kappa shape index (κ3) is 4.81. The average Bonchev–Trinajstić information content (AvgIpc) is 2.45. The van der Waals surface area contributed by atoms with E-state index in [1.54, 1.807) is 0 Å². The first-order chi connectivity index (χ1) is 9.36. The Labute approximate surface area is 122 Å². The molecule has 0 N–H and O–H groups in total. The first-order valence-corrected chi connectivity index (χ1v) is 7.07. The molecule has 19 heavy (non-hydrogen) atoms. The minimum atomic E-state index is 0.687. The van der Waals surface area contributed by atoms with Gasteiger partial charge < -0.3 is 4.74 Å². The Balaban J connectivity index is 1.71. The van der Waals surface area contributed by atoms with Gasteiger partial charge in [0.1, 0.15) is 5.75 Å². The normalized spacial score (nSPS) is 9.53. The summed E-state index contributed by atoms with van der Waals surface area (Å²) in [5.74, 6) is 7.19. The highest BCUT2D eigenvalue weighted by Crippen LogP contribution is 2.23. The van der Waals surface area contributed by atoms with Crippen molar-refractivity contribution in [2.75, 3.05) is 6.61 Å². The first-order valence-electron chi connectivity index (χ1n) is 6.27. The zero-order chi connectivity index (χ0) is 13.3. The van der Waals surface area contributed by atoms with E-state index >= 15 is 0 Å². The van der Waals surface area contributed by atoms with E-state index in [9.17, 15) is 0 Å². The van der Waals surface area contributed by atoms with Crippen molar-refractivity contribution in [3.63, 3.8) is 0 Å². The lowest BCUT2D eigenvalue weighted by Gasteiger charge is -2.06. The second kappa shape index (κ2) is 7.66. The van der Waals surface area contributed by atoms with E-state index in [2.05, 4.69) is 27.8 Å². The van der Waals surface area contributed by atoms with Crippen LogP contribution in [0.4, 0.5) is 0 Å². The quantitative estimate of drug-likeness (QED) is 0.589. The maximum atomic E-state index is 5.67. The average molecular weight is 315 g/mol. The maximum absolute atomic E-state index is 5.67. The van der Waals surface area contributed by atoms with Gasteiger partial charge in [-0.2, -0.15) is 0 Å². The molecule has 0 bridgehead atoms. The number of hydrogen-bond acceptors (Lipinski definition) is 1. The number of rotatable bonds is 4. The Morgan fingerprint density at radius 3 is 2.47 bits per heavy atom. The van der Waals surface area contributed by atoms with E-state index in [1.807, 2.05) is 54.6 Å². The number of ether oxygens (including phenoxy) is 1. The van der Waals surface area contributed by atoms with Crippen molar-refractivity contribution in [2.45, 2.75) is 12.8 Å². The highest BCUT2D eigenvalue weighted by atomic mass is 79.9. The lowest BCUT2D eigenvalue weighted by molar-refractivity contribution is 0.311. The molecule has 2 aromatic rings. The fraction of sp³-hybridized carbons (Fsp3) is 0.176. The fourth-order valence-corrected chi connectivity index (χ4v) is 1.99. The molecule has 0 fully saturated rings. The molecule has 1 nitrogen and oxygen atoms in total. The van der Waals surface area contributed by atoms with Crippen LogP contribution in [0.25, 0.3) is 0 Å². The fourth-order valence-electron chi connectivity index (χ4n) is 1.59. The van der Waals surface area contributed by atoms with Gasteiger partial charge in [0.25, 0.3) is 0 Å². The predicted octanol–water partition coefficient (Wildman–Crippen LogP) is 4.66. The molecule has 2 aromatic carbocycles. The van der Waals surface area contributed by atoms with E-state index in [0.29, 0.717) is 6.61 Å². The number of unbranched alkanes of at least 4 members (excludes halogenated alkanes) is 1. The lowest BCUT2D eigenvalue weighted by atomic mass is 10.2. The van der Waals surface area contributed by atoms with Crippen LogP contribution in [0.5, 0.6) is 5.75 Å². The molecule has 0 spiro atoms. The van der Waals surface area contributed by atoms with Crippen molar-refractivity contribution in [1.29, 1.82) is 0 Å². The van der Waals surface area contributed by atoms with E-state index in [-0.39, 0.29) is 0 Å². The summed E-state index contributed by atoms with van der Waals surface area (Å²) in [5, 5.41) is 0. The van der Waals surface area contributed by atoms with Crippen LogP contribution in [0.1, 0.15) is 18.4 Å². The number of hydrogen-bond donors (Lipinski definition) is 0. The summed E-state index contributed by atoms with van der Waals surface area (Å²) >= 11 is 3.46. The lowest BCUT2D eigenvalue weighted by Crippen LogP contribution is -1.97. The molecule has 0 saturated carbocycles. The van der Waals surface area contributed by atoms with E-state index in [4.69, 9.17) is 4.74 Å². The Morgan fingerprint density at radius 2 is 1.68 bits per heavy atom. The van der Waals surface area contributed by atoms with Crippen LogP contribution in [0.15, 0.2) is 59.1 Å².